The first-order chi connectivity index (χ1) is 25.4. The van der Waals surface area contributed by atoms with Crippen LogP contribution >= 0.6 is 64.8 Å². The molecule has 1 aliphatic heterocycles. The molecule has 1 aliphatic rings. The van der Waals surface area contributed by atoms with Crippen LogP contribution < -0.4 is 16.0 Å². The maximum absolute atomic E-state index is 12.3. The molecule has 322 valence electrons. The minimum Gasteiger partial charge on any atom is 0 e. The first-order valence-electron chi connectivity index (χ1n) is 18.1. The Labute approximate surface area is 387 Å². The summed E-state index contributed by atoms with van der Waals surface area (Å²) in [5.74, 6) is -3.48. The quantitative estimate of drug-likeness (QED) is 0.0145. The van der Waals surface area contributed by atoms with Gasteiger partial charge in [0.15, 0.2) is 0 Å². The summed E-state index contributed by atoms with van der Waals surface area (Å²) in [7, 11) is 11.3. The summed E-state index contributed by atoms with van der Waals surface area (Å²) in [6.45, 7) is 0.339. The second-order valence-corrected chi connectivity index (χ2v) is 21.5. The van der Waals surface area contributed by atoms with Crippen molar-refractivity contribution < 1.29 is 102 Å². The van der Waals surface area contributed by atoms with Gasteiger partial charge in [-0.1, -0.05) is 109 Å². The monoisotopic (exact) mass is 1010 g/mol. The van der Waals surface area contributed by atoms with Gasteiger partial charge in [-0.3, -0.25) is 29.2 Å². The van der Waals surface area contributed by atoms with Crippen LogP contribution in [0.25, 0.3) is 0 Å². The third-order valence-electron chi connectivity index (χ3n) is 7.89. The average Bonchev–Trinajstić information content (AvgIpc) is 3.10. The van der Waals surface area contributed by atoms with Crippen molar-refractivity contribution in [2.45, 2.75) is 155 Å². The number of hydrogen-bond acceptors (Lipinski definition) is 14. The molecule has 1 fully saturated rings. The van der Waals surface area contributed by atoms with Gasteiger partial charge in [-0.05, 0) is 77.2 Å². The Morgan fingerprint density at radius 2 is 1.20 bits per heavy atom. The summed E-state index contributed by atoms with van der Waals surface area (Å²) < 4.78 is 2.00. The molecule has 0 aromatic carbocycles. The predicted octanol–water partition coefficient (Wildman–Crippen LogP) is 8.82. The Morgan fingerprint density at radius 3 is 1.64 bits per heavy atom. The van der Waals surface area contributed by atoms with Gasteiger partial charge < -0.3 is 31.1 Å². The van der Waals surface area contributed by atoms with Gasteiger partial charge >= 0.3 is 46.0 Å². The van der Waals surface area contributed by atoms with E-state index in [1.807, 2.05) is 23.5 Å². The first kappa shape index (κ1) is 60.1. The summed E-state index contributed by atoms with van der Waals surface area (Å²) >= 11 is 1.98. The van der Waals surface area contributed by atoms with Crippen LogP contribution in [0, 0.1) is 7.05 Å². The van der Waals surface area contributed by atoms with Gasteiger partial charge in [0, 0.05) is 61.4 Å². The number of nitrogens with one attached hydrogen (secondary N) is 3. The second kappa shape index (κ2) is 40.2. The first-order valence-corrected chi connectivity index (χ1v) is 25.7. The molecule has 1 heterocycles. The summed E-state index contributed by atoms with van der Waals surface area (Å²) in [6, 6.07) is -1.89. The van der Waals surface area contributed by atoms with Crippen LogP contribution in [0.1, 0.15) is 138 Å². The fraction of sp³-hybridized carbons (Fsp3) is 0.818. The number of rotatable bonds is 32. The zero-order valence-electron chi connectivity index (χ0n) is 31.7. The van der Waals surface area contributed by atoms with Crippen LogP contribution in [0.4, 0.5) is 4.70 Å². The molecule has 1 saturated heterocycles. The van der Waals surface area contributed by atoms with Crippen LogP contribution in [-0.2, 0) is 73.9 Å². The predicted molar refractivity (Wildman–Crippen MR) is 226 cm³/mol. The third-order valence-corrected chi connectivity index (χ3v) is 18.6. The number of halogens is 1. The van der Waals surface area contributed by atoms with E-state index in [-0.39, 0.29) is 82.5 Å². The molecule has 0 aromatic heterocycles. The molecule has 13 nitrogen and oxygen atoms in total. The molecule has 0 spiro atoms. The number of amides is 2. The third kappa shape index (κ3) is 36.4. The molecule has 55 heavy (non-hydrogen) atoms. The maximum atomic E-state index is 12.3. The smallest absolute Gasteiger partial charge is 0 e. The van der Waals surface area contributed by atoms with E-state index in [1.54, 1.807) is 0 Å². The van der Waals surface area contributed by atoms with Gasteiger partial charge in [-0.15, -0.1) is 0 Å². The van der Waals surface area contributed by atoms with Crippen molar-refractivity contribution in [3.63, 3.8) is 0 Å². The number of unbranched alkanes of at least 4 members (excludes halogenated alkanes) is 14. The van der Waals surface area contributed by atoms with Crippen LogP contribution in [0.2, 0.25) is 0 Å². The van der Waals surface area contributed by atoms with Gasteiger partial charge in [0.2, 0.25) is 15.4 Å². The molecule has 0 bridgehead atoms. The minimum atomic E-state index is -1.17. The fourth-order valence-corrected chi connectivity index (χ4v) is 16.4. The van der Waals surface area contributed by atoms with E-state index in [0.29, 0.717) is 32.2 Å². The van der Waals surface area contributed by atoms with Crippen LogP contribution in [0.15, 0.2) is 3.79 Å². The molecule has 0 saturated carbocycles. The zero-order valence-corrected chi connectivity index (χ0v) is 40.8. The largest absolute Gasteiger partial charge is 0 e. The molecule has 0 unspecified atom stereocenters. The van der Waals surface area contributed by atoms with Gasteiger partial charge in [0.05, 0.1) is 0 Å². The summed E-state index contributed by atoms with van der Waals surface area (Å²) in [6.07, 6.45) is 19.0. The second-order valence-electron chi connectivity index (χ2n) is 12.4. The number of carbonyl (C=O) groups excluding carboxylic acids is 2. The fourth-order valence-electron chi connectivity index (χ4n) is 5.14. The SMILES string of the molecule is CSSC1(O)SSC(N[C@@H](CCCCNC(=O)CC[C@H](NC(=O)CCCCCCCCCCCCCCCCC(=O)O)C(=O)O)C(=O)O)SS1.F.[CH2-][N]=[V].[HH].[HH].[Y]. The number of carboxylic acids is 3. The number of carbonyl (C=O) groups is 5. The maximum Gasteiger partial charge on any atom is 0 e. The van der Waals surface area contributed by atoms with Crippen molar-refractivity contribution >= 4 is 94.5 Å². The molecular weight excluding hydrogens is 948 g/mol. The molecule has 2 atom stereocenters. The van der Waals surface area contributed by atoms with E-state index in [0.717, 1.165) is 38.5 Å². The summed E-state index contributed by atoms with van der Waals surface area (Å²) in [5.41, 5.74) is 0. The van der Waals surface area contributed by atoms with E-state index >= 15 is 0 Å². The Balaban J connectivity index is -0.00000124. The number of carboxylic acid groups (broad SMARTS) is 3. The molecule has 0 aromatic rings. The van der Waals surface area contributed by atoms with Crippen LogP contribution in [-0.4, -0.2) is 83.3 Å². The van der Waals surface area contributed by atoms with Crippen molar-refractivity contribution in [3.05, 3.63) is 7.05 Å². The zero-order chi connectivity index (χ0) is 39.7. The van der Waals surface area contributed by atoms with Crippen molar-refractivity contribution in [2.24, 2.45) is 3.79 Å². The Kier molecular flexibility index (Phi) is 43.9. The molecular formula is C33H64FN4O9S6VY-. The Hall–Kier alpha value is 0.788. The van der Waals surface area contributed by atoms with Crippen molar-refractivity contribution in [2.75, 3.05) is 12.8 Å². The molecule has 7 N–H and O–H groups in total. The summed E-state index contributed by atoms with van der Waals surface area (Å²) in [5, 5.41) is 46.6. The summed E-state index contributed by atoms with van der Waals surface area (Å²) in [4.78, 5) is 58.5. The molecule has 1 rings (SSSR count). The molecule has 22 heteroatoms. The Morgan fingerprint density at radius 1 is 0.745 bits per heavy atom. The minimum absolute atomic E-state index is 0. The number of aliphatic carboxylic acids is 3. The topological polar surface area (TPSA) is 215 Å². The van der Waals surface area contributed by atoms with Gasteiger partial charge in [0.25, 0.3) is 0 Å². The van der Waals surface area contributed by atoms with Gasteiger partial charge in [-0.25, -0.2) is 4.79 Å². The molecule has 0 aliphatic carbocycles. The van der Waals surface area contributed by atoms with Gasteiger partial charge in [0.1, 0.15) is 16.8 Å². The molecule has 1 radical (unpaired) electrons. The van der Waals surface area contributed by atoms with Crippen molar-refractivity contribution in [1.82, 2.24) is 16.0 Å². The van der Waals surface area contributed by atoms with Crippen molar-refractivity contribution in [1.29, 1.82) is 0 Å². The Bertz CT molecular complexity index is 1080. The normalized spacial score (nSPS) is 17.2. The van der Waals surface area contributed by atoms with Crippen LogP contribution in [0.5, 0.6) is 0 Å². The van der Waals surface area contributed by atoms with E-state index < -0.39 is 33.6 Å². The van der Waals surface area contributed by atoms with Crippen LogP contribution in [0.3, 0.4) is 0 Å². The average molecular weight is 1010 g/mol. The standard InChI is InChI=1S/C32H57N3O9S6.CH2N.FH.V.Y.2H2/c1-45-48-32(44)49-46-31(47-50-32)35-24(29(40)41)18-16-17-23-33-26(36)22-21-25(30(42)43)34-27(37)19-14-12-10-8-6-4-2-3-5-7-9-11-13-15-20-28(38)39;1-2;;;;;/h24-25,31,35,44H,2-23H2,1H3,(H,33,36)(H,34,37)(H,38,39)(H,40,41)(H,42,43);1H2;1H;;;2*1H/q;-1;;;;;/t24-,25-,31?,32?;;;;;;/m0....../s1. The number of nitrogens with zero attached hydrogens (tertiary/aromatic N) is 1. The molecule has 2 amide bonds. The number of hydrogen-bond donors (Lipinski definition) is 7. The van der Waals surface area contributed by atoms with Gasteiger partial charge in [-0.2, -0.15) is 0 Å². The van der Waals surface area contributed by atoms with E-state index in [2.05, 4.69) is 26.8 Å². The van der Waals surface area contributed by atoms with E-state index in [1.165, 1.54) is 110 Å². The van der Waals surface area contributed by atoms with Crippen molar-refractivity contribution in [3.8, 4) is 0 Å². The van der Waals surface area contributed by atoms with E-state index in [9.17, 15) is 39.3 Å². The number of aliphatic hydroxyl groups is 1. The van der Waals surface area contributed by atoms with E-state index in [4.69, 9.17) is 5.11 Å².